The van der Waals surface area contributed by atoms with E-state index in [1.54, 1.807) is 0 Å². The highest BCUT2D eigenvalue weighted by Crippen LogP contribution is 2.10. The molecular weight excluding hydrogens is 140 g/mol. The third kappa shape index (κ3) is 6.32. The Morgan fingerprint density at radius 3 is 1.91 bits per heavy atom. The lowest BCUT2D eigenvalue weighted by molar-refractivity contribution is 0.0666. The van der Waals surface area contributed by atoms with Gasteiger partial charge in [0.1, 0.15) is 0 Å². The van der Waals surface area contributed by atoms with Crippen LogP contribution in [0, 0.1) is 5.92 Å². The molecule has 0 unspecified atom stereocenters. The van der Waals surface area contributed by atoms with Crippen molar-refractivity contribution < 1.29 is 10.2 Å². The first kappa shape index (κ1) is 10.9. The van der Waals surface area contributed by atoms with Gasteiger partial charge in [-0.05, 0) is 25.2 Å². The molecule has 0 aromatic carbocycles. The van der Waals surface area contributed by atoms with Gasteiger partial charge in [0.15, 0.2) is 0 Å². The predicted molar refractivity (Wildman–Crippen MR) is 46.4 cm³/mol. The summed E-state index contributed by atoms with van der Waals surface area (Å²) in [4.78, 5) is 0. The van der Waals surface area contributed by atoms with E-state index in [2.05, 4.69) is 13.8 Å². The van der Waals surface area contributed by atoms with Gasteiger partial charge in [-0.3, -0.25) is 0 Å². The largest absolute Gasteiger partial charge is 0.393 e. The molecule has 0 aliphatic rings. The molecule has 2 nitrogen and oxygen atoms in total. The van der Waals surface area contributed by atoms with Crippen LogP contribution in [0.2, 0.25) is 0 Å². The van der Waals surface area contributed by atoms with Gasteiger partial charge in [0.25, 0.3) is 0 Å². The van der Waals surface area contributed by atoms with Gasteiger partial charge in [0.05, 0.1) is 12.2 Å². The van der Waals surface area contributed by atoms with Crippen molar-refractivity contribution in [3.63, 3.8) is 0 Å². The molecule has 0 fully saturated rings. The summed E-state index contributed by atoms with van der Waals surface area (Å²) in [6.07, 6.45) is 1.38. The highest BCUT2D eigenvalue weighted by atomic mass is 16.3. The Kier molecular flexibility index (Phi) is 5.51. The Bertz CT molecular complexity index is 91.6. The van der Waals surface area contributed by atoms with Gasteiger partial charge in [-0.1, -0.05) is 20.8 Å². The van der Waals surface area contributed by atoms with E-state index in [1.807, 2.05) is 6.92 Å². The van der Waals surface area contributed by atoms with Crippen molar-refractivity contribution in [3.8, 4) is 0 Å². The van der Waals surface area contributed by atoms with E-state index in [0.29, 0.717) is 12.3 Å². The van der Waals surface area contributed by atoms with Gasteiger partial charge in [-0.2, -0.15) is 0 Å². The molecule has 0 saturated heterocycles. The third-order valence-corrected chi connectivity index (χ3v) is 1.76. The Morgan fingerprint density at radius 2 is 1.55 bits per heavy atom. The first-order valence-electron chi connectivity index (χ1n) is 4.42. The second-order valence-electron chi connectivity index (χ2n) is 3.58. The minimum absolute atomic E-state index is 0.329. The molecule has 0 bridgehead atoms. The van der Waals surface area contributed by atoms with Gasteiger partial charge in [0, 0.05) is 0 Å². The molecule has 2 N–H and O–H groups in total. The van der Waals surface area contributed by atoms with E-state index in [-0.39, 0.29) is 12.2 Å². The normalized spacial score (nSPS) is 16.9. The Balaban J connectivity index is 3.43. The summed E-state index contributed by atoms with van der Waals surface area (Å²) in [5, 5.41) is 18.5. The smallest absolute Gasteiger partial charge is 0.0567 e. The minimum Gasteiger partial charge on any atom is -0.393 e. The topological polar surface area (TPSA) is 40.5 Å². The van der Waals surface area contributed by atoms with Gasteiger partial charge in [-0.15, -0.1) is 0 Å². The summed E-state index contributed by atoms with van der Waals surface area (Å²) in [5.41, 5.74) is 0. The molecule has 0 aliphatic carbocycles. The number of rotatable bonds is 5. The summed E-state index contributed by atoms with van der Waals surface area (Å²) < 4.78 is 0. The monoisotopic (exact) mass is 160 g/mol. The molecule has 2 atom stereocenters. The maximum absolute atomic E-state index is 9.36. The fourth-order valence-electron chi connectivity index (χ4n) is 1.12. The van der Waals surface area contributed by atoms with E-state index in [9.17, 15) is 10.2 Å². The SMILES string of the molecule is CC[C@H](O)C[C@H](O)CC(C)C. The van der Waals surface area contributed by atoms with Gasteiger partial charge < -0.3 is 10.2 Å². The molecule has 11 heavy (non-hydrogen) atoms. The maximum atomic E-state index is 9.36. The van der Waals surface area contributed by atoms with Crippen LogP contribution in [0.3, 0.4) is 0 Å². The lowest BCUT2D eigenvalue weighted by Crippen LogP contribution is -2.18. The van der Waals surface area contributed by atoms with E-state index >= 15 is 0 Å². The molecule has 0 aromatic heterocycles. The fourth-order valence-corrected chi connectivity index (χ4v) is 1.12. The Morgan fingerprint density at radius 1 is 1.00 bits per heavy atom. The fraction of sp³-hybridized carbons (Fsp3) is 1.00. The molecule has 0 amide bonds. The molecule has 0 saturated carbocycles. The van der Waals surface area contributed by atoms with Crippen molar-refractivity contribution in [2.45, 2.75) is 52.2 Å². The van der Waals surface area contributed by atoms with Crippen molar-refractivity contribution >= 4 is 0 Å². The van der Waals surface area contributed by atoms with Crippen molar-refractivity contribution in [2.75, 3.05) is 0 Å². The van der Waals surface area contributed by atoms with Gasteiger partial charge in [0.2, 0.25) is 0 Å². The molecule has 0 radical (unpaired) electrons. The van der Waals surface area contributed by atoms with Gasteiger partial charge >= 0.3 is 0 Å². The van der Waals surface area contributed by atoms with Crippen LogP contribution < -0.4 is 0 Å². The molecular formula is C9H20O2. The number of aliphatic hydroxyl groups excluding tert-OH is 2. The van der Waals surface area contributed by atoms with Crippen LogP contribution in [0.1, 0.15) is 40.0 Å². The predicted octanol–water partition coefficient (Wildman–Crippen LogP) is 1.55. The quantitative estimate of drug-likeness (QED) is 0.640. The molecule has 0 spiro atoms. The zero-order valence-electron chi connectivity index (χ0n) is 7.75. The summed E-state index contributed by atoms with van der Waals surface area (Å²) in [7, 11) is 0. The highest BCUT2D eigenvalue weighted by Gasteiger charge is 2.11. The molecule has 2 heteroatoms. The van der Waals surface area contributed by atoms with E-state index < -0.39 is 0 Å². The second kappa shape index (κ2) is 5.56. The summed E-state index contributed by atoms with van der Waals surface area (Å²) >= 11 is 0. The maximum Gasteiger partial charge on any atom is 0.0567 e. The zero-order valence-corrected chi connectivity index (χ0v) is 7.75. The summed E-state index contributed by atoms with van der Waals surface area (Å²) in [6.45, 7) is 6.07. The first-order chi connectivity index (χ1) is 5.06. The third-order valence-electron chi connectivity index (χ3n) is 1.76. The number of aliphatic hydroxyl groups is 2. The standard InChI is InChI=1S/C9H20O2/c1-4-8(10)6-9(11)5-7(2)3/h7-11H,4-6H2,1-3H3/t8-,9+/m0/s1. The van der Waals surface area contributed by atoms with Crippen LogP contribution in [0.25, 0.3) is 0 Å². The zero-order chi connectivity index (χ0) is 8.85. The molecule has 0 heterocycles. The van der Waals surface area contributed by atoms with Crippen LogP contribution in [0.5, 0.6) is 0 Å². The Hall–Kier alpha value is -0.0800. The lowest BCUT2D eigenvalue weighted by Gasteiger charge is -2.15. The van der Waals surface area contributed by atoms with Crippen LogP contribution in [0.15, 0.2) is 0 Å². The van der Waals surface area contributed by atoms with Crippen LogP contribution in [0.4, 0.5) is 0 Å². The summed E-state index contributed by atoms with van der Waals surface area (Å²) in [6, 6.07) is 0. The highest BCUT2D eigenvalue weighted by molar-refractivity contribution is 4.63. The minimum atomic E-state index is -0.330. The van der Waals surface area contributed by atoms with Crippen LogP contribution >= 0.6 is 0 Å². The molecule has 0 aliphatic heterocycles. The average Bonchev–Trinajstić information content (AvgIpc) is 1.85. The average molecular weight is 160 g/mol. The Labute approximate surface area is 69.2 Å². The number of hydrogen-bond acceptors (Lipinski definition) is 2. The number of hydrogen-bond donors (Lipinski definition) is 2. The molecule has 68 valence electrons. The van der Waals surface area contributed by atoms with Crippen molar-refractivity contribution in [1.29, 1.82) is 0 Å². The van der Waals surface area contributed by atoms with Crippen molar-refractivity contribution in [1.82, 2.24) is 0 Å². The van der Waals surface area contributed by atoms with Crippen LogP contribution in [-0.2, 0) is 0 Å². The molecule has 0 rings (SSSR count). The second-order valence-corrected chi connectivity index (χ2v) is 3.58. The lowest BCUT2D eigenvalue weighted by atomic mass is 10.0. The van der Waals surface area contributed by atoms with E-state index in [1.165, 1.54) is 0 Å². The van der Waals surface area contributed by atoms with Gasteiger partial charge in [-0.25, -0.2) is 0 Å². The van der Waals surface area contributed by atoms with Crippen molar-refractivity contribution in [2.24, 2.45) is 5.92 Å². The van der Waals surface area contributed by atoms with E-state index in [0.717, 1.165) is 12.8 Å². The molecule has 0 aromatic rings. The van der Waals surface area contributed by atoms with E-state index in [4.69, 9.17) is 0 Å². The summed E-state index contributed by atoms with van der Waals surface area (Å²) in [5.74, 6) is 0.508. The van der Waals surface area contributed by atoms with Crippen molar-refractivity contribution in [3.05, 3.63) is 0 Å². The van der Waals surface area contributed by atoms with Crippen LogP contribution in [-0.4, -0.2) is 22.4 Å². The first-order valence-corrected chi connectivity index (χ1v) is 4.42.